The minimum atomic E-state index is -4.56. The van der Waals surface area contributed by atoms with E-state index in [0.29, 0.717) is 19.4 Å². The highest BCUT2D eigenvalue weighted by Crippen LogP contribution is 2.34. The van der Waals surface area contributed by atoms with Gasteiger partial charge in [-0.25, -0.2) is 18.2 Å². The molecule has 1 aromatic carbocycles. The number of carbonyl (C=O) groups is 1. The smallest absolute Gasteiger partial charge is 0.345 e. The first-order chi connectivity index (χ1) is 13.6. The number of halogens is 6. The fourth-order valence-corrected chi connectivity index (χ4v) is 3.29. The highest BCUT2D eigenvalue weighted by atomic mass is 19.4. The van der Waals surface area contributed by atoms with Gasteiger partial charge in [-0.2, -0.15) is 13.2 Å². The molecule has 0 spiro atoms. The van der Waals surface area contributed by atoms with Crippen molar-refractivity contribution in [3.05, 3.63) is 53.0 Å². The van der Waals surface area contributed by atoms with Crippen molar-refractivity contribution in [2.24, 2.45) is 0 Å². The molecule has 3 rings (SSSR count). The molecule has 0 radical (unpaired) electrons. The van der Waals surface area contributed by atoms with E-state index in [1.54, 1.807) is 0 Å². The number of hydrogen-bond acceptors (Lipinski definition) is 3. The van der Waals surface area contributed by atoms with Gasteiger partial charge in [0.25, 0.3) is 6.43 Å². The maximum absolute atomic E-state index is 13.4. The summed E-state index contributed by atoms with van der Waals surface area (Å²) in [7, 11) is 0. The number of benzene rings is 1. The van der Waals surface area contributed by atoms with Crippen LogP contribution in [0.15, 0.2) is 30.3 Å². The lowest BCUT2D eigenvalue weighted by molar-refractivity contribution is -0.137. The molecule has 29 heavy (non-hydrogen) atoms. The van der Waals surface area contributed by atoms with Crippen molar-refractivity contribution < 1.29 is 31.1 Å². The fourth-order valence-electron chi connectivity index (χ4n) is 3.29. The summed E-state index contributed by atoms with van der Waals surface area (Å²) in [6, 6.07) is 3.77. The van der Waals surface area contributed by atoms with Crippen molar-refractivity contribution in [3.8, 4) is 0 Å². The molecule has 1 aliphatic heterocycles. The summed E-state index contributed by atoms with van der Waals surface area (Å²) in [6.45, 7) is 1.74. The Morgan fingerprint density at radius 1 is 1.24 bits per heavy atom. The van der Waals surface area contributed by atoms with Crippen LogP contribution in [0.5, 0.6) is 0 Å². The van der Waals surface area contributed by atoms with Gasteiger partial charge in [0, 0.05) is 17.9 Å². The van der Waals surface area contributed by atoms with Crippen molar-refractivity contribution in [1.82, 2.24) is 4.98 Å². The summed E-state index contributed by atoms with van der Waals surface area (Å²) < 4.78 is 78.4. The largest absolute Gasteiger partial charge is 0.416 e. The van der Waals surface area contributed by atoms with Crippen LogP contribution in [0.25, 0.3) is 0 Å². The molecule has 0 unspecified atom stereocenters. The van der Waals surface area contributed by atoms with E-state index in [9.17, 15) is 31.1 Å². The number of carbonyl (C=O) groups excluding carboxylic acids is 1. The van der Waals surface area contributed by atoms with Crippen LogP contribution >= 0.6 is 0 Å². The summed E-state index contributed by atoms with van der Waals surface area (Å²) in [4.78, 5) is 18.2. The van der Waals surface area contributed by atoms with E-state index in [0.717, 1.165) is 30.3 Å². The van der Waals surface area contributed by atoms with Crippen molar-refractivity contribution in [2.45, 2.75) is 38.4 Å². The number of alkyl halides is 5. The first kappa shape index (κ1) is 20.9. The van der Waals surface area contributed by atoms with Crippen LogP contribution in [0, 0.1) is 12.7 Å². The summed E-state index contributed by atoms with van der Waals surface area (Å²) in [6.07, 6.45) is -6.71. The highest BCUT2D eigenvalue weighted by molar-refractivity contribution is 5.97. The molecule has 1 aliphatic rings. The van der Waals surface area contributed by atoms with Crippen molar-refractivity contribution in [3.63, 3.8) is 0 Å². The van der Waals surface area contributed by atoms with Gasteiger partial charge in [-0.1, -0.05) is 0 Å². The van der Waals surface area contributed by atoms with Gasteiger partial charge in [0.15, 0.2) is 0 Å². The van der Waals surface area contributed by atoms with Crippen LogP contribution in [0.3, 0.4) is 0 Å². The number of pyridine rings is 1. The average Bonchev–Trinajstić information content (AvgIpc) is 3.12. The van der Waals surface area contributed by atoms with E-state index in [-0.39, 0.29) is 17.2 Å². The minimum Gasteiger partial charge on any atom is -0.345 e. The second-order valence-corrected chi connectivity index (χ2v) is 6.73. The Kier molecular flexibility index (Phi) is 5.72. The van der Waals surface area contributed by atoms with Crippen LogP contribution in [0.1, 0.15) is 36.1 Å². The van der Waals surface area contributed by atoms with Crippen molar-refractivity contribution >= 4 is 17.4 Å². The molecule has 0 saturated carbocycles. The second kappa shape index (κ2) is 7.92. The monoisotopic (exact) mass is 417 g/mol. The van der Waals surface area contributed by atoms with Crippen molar-refractivity contribution in [1.29, 1.82) is 0 Å². The number of hydrogen-bond donors (Lipinski definition) is 1. The summed E-state index contributed by atoms with van der Waals surface area (Å²) in [5.41, 5.74) is -1.58. The molecule has 1 fully saturated rings. The fraction of sp³-hybridized carbons (Fsp3) is 0.368. The van der Waals surface area contributed by atoms with Gasteiger partial charge in [0.2, 0.25) is 5.91 Å². The number of amides is 1. The zero-order valence-electron chi connectivity index (χ0n) is 15.2. The Labute approximate surface area is 162 Å². The molecule has 4 nitrogen and oxygen atoms in total. The molecule has 156 valence electrons. The van der Waals surface area contributed by atoms with Crippen LogP contribution in [0.2, 0.25) is 0 Å². The summed E-state index contributed by atoms with van der Waals surface area (Å²) in [5.74, 6) is -1.67. The Morgan fingerprint density at radius 2 is 1.97 bits per heavy atom. The topological polar surface area (TPSA) is 45.2 Å². The molecule has 0 bridgehead atoms. The number of aromatic nitrogens is 1. The van der Waals surface area contributed by atoms with Gasteiger partial charge in [-0.15, -0.1) is 0 Å². The molecule has 2 heterocycles. The van der Waals surface area contributed by atoms with E-state index >= 15 is 0 Å². The lowest BCUT2D eigenvalue weighted by Gasteiger charge is -2.26. The first-order valence-electron chi connectivity index (χ1n) is 8.77. The zero-order valence-corrected chi connectivity index (χ0v) is 15.2. The SMILES string of the molecule is Cc1cc(C(F)(F)F)cc(N2CCC[C@H]2C(=O)Nc2ccc(F)c(C(F)F)c2)n1. The van der Waals surface area contributed by atoms with Gasteiger partial charge < -0.3 is 10.2 Å². The van der Waals surface area contributed by atoms with E-state index in [4.69, 9.17) is 0 Å². The van der Waals surface area contributed by atoms with Gasteiger partial charge >= 0.3 is 6.18 Å². The number of nitrogens with zero attached hydrogens (tertiary/aromatic N) is 2. The third-order valence-electron chi connectivity index (χ3n) is 4.62. The second-order valence-electron chi connectivity index (χ2n) is 6.73. The van der Waals surface area contributed by atoms with Gasteiger partial charge in [0.1, 0.15) is 17.7 Å². The third-order valence-corrected chi connectivity index (χ3v) is 4.62. The quantitative estimate of drug-likeness (QED) is 0.705. The molecule has 1 N–H and O–H groups in total. The molecular formula is C19H17F6N3O. The summed E-state index contributed by atoms with van der Waals surface area (Å²) >= 11 is 0. The predicted molar refractivity (Wildman–Crippen MR) is 94.3 cm³/mol. The van der Waals surface area contributed by atoms with Crippen molar-refractivity contribution in [2.75, 3.05) is 16.8 Å². The maximum Gasteiger partial charge on any atom is 0.416 e. The zero-order chi connectivity index (χ0) is 21.3. The van der Waals surface area contributed by atoms with Crippen LogP contribution in [0.4, 0.5) is 37.8 Å². The highest BCUT2D eigenvalue weighted by Gasteiger charge is 2.35. The van der Waals surface area contributed by atoms with Crippen LogP contribution in [-0.2, 0) is 11.0 Å². The first-order valence-corrected chi connectivity index (χ1v) is 8.77. The number of aryl methyl sites for hydroxylation is 1. The van der Waals surface area contributed by atoms with Gasteiger partial charge in [0.05, 0.1) is 11.1 Å². The molecule has 1 amide bonds. The summed E-state index contributed by atoms with van der Waals surface area (Å²) in [5, 5.41) is 2.43. The third kappa shape index (κ3) is 4.63. The Hall–Kier alpha value is -2.78. The Bertz CT molecular complexity index is 915. The Morgan fingerprint density at radius 3 is 2.62 bits per heavy atom. The average molecular weight is 417 g/mol. The lowest BCUT2D eigenvalue weighted by atomic mass is 10.1. The van der Waals surface area contributed by atoms with Gasteiger partial charge in [-0.3, -0.25) is 4.79 Å². The normalized spacial score (nSPS) is 17.1. The molecule has 1 atom stereocenters. The van der Waals surface area contributed by atoms with Gasteiger partial charge in [-0.05, 0) is 50.1 Å². The van der Waals surface area contributed by atoms with E-state index < -0.39 is 41.5 Å². The number of anilines is 2. The molecule has 0 aliphatic carbocycles. The molecule has 1 saturated heterocycles. The Balaban J connectivity index is 1.83. The molecule has 1 aromatic heterocycles. The maximum atomic E-state index is 13.4. The van der Waals surface area contributed by atoms with E-state index in [1.165, 1.54) is 11.8 Å². The van der Waals surface area contributed by atoms with E-state index in [2.05, 4.69) is 10.3 Å². The van der Waals surface area contributed by atoms with Crippen LogP contribution in [-0.4, -0.2) is 23.5 Å². The molecular weight excluding hydrogens is 400 g/mol. The molecule has 2 aromatic rings. The molecule has 10 heteroatoms. The van der Waals surface area contributed by atoms with Crippen LogP contribution < -0.4 is 10.2 Å². The predicted octanol–water partition coefficient (Wildman–Crippen LogP) is 5.09. The number of nitrogens with one attached hydrogen (secondary N) is 1. The minimum absolute atomic E-state index is 0.0161. The number of rotatable bonds is 4. The standard InChI is InChI=1S/C19H17F6N3O/c1-10-7-11(19(23,24)25)8-16(26-10)28-6-2-3-15(28)18(29)27-12-4-5-14(20)13(9-12)17(21)22/h4-5,7-9,15,17H,2-3,6H2,1H3,(H,27,29)/t15-/m0/s1. The lowest BCUT2D eigenvalue weighted by Crippen LogP contribution is -2.40. The van der Waals surface area contributed by atoms with E-state index in [1.807, 2.05) is 0 Å².